The fourth-order valence-corrected chi connectivity index (χ4v) is 5.78. The summed E-state index contributed by atoms with van der Waals surface area (Å²) in [6.07, 6.45) is 4.59. The molecule has 0 unspecified atom stereocenters. The van der Waals surface area contributed by atoms with Crippen LogP contribution in [0.5, 0.6) is 0 Å². The van der Waals surface area contributed by atoms with Crippen LogP contribution in [-0.2, 0) is 27.4 Å². The number of halogens is 2. The van der Waals surface area contributed by atoms with E-state index in [9.17, 15) is 14.0 Å². The summed E-state index contributed by atoms with van der Waals surface area (Å²) in [5.41, 5.74) is 9.42. The predicted molar refractivity (Wildman–Crippen MR) is 155 cm³/mol. The van der Waals surface area contributed by atoms with Crippen molar-refractivity contribution in [2.45, 2.75) is 44.7 Å². The Morgan fingerprint density at radius 2 is 1.88 bits per heavy atom. The van der Waals surface area contributed by atoms with Gasteiger partial charge in [0.2, 0.25) is 5.91 Å². The van der Waals surface area contributed by atoms with Crippen molar-refractivity contribution in [3.63, 3.8) is 0 Å². The van der Waals surface area contributed by atoms with Crippen LogP contribution >= 0.6 is 12.4 Å². The van der Waals surface area contributed by atoms with Crippen LogP contribution in [0.15, 0.2) is 42.6 Å². The van der Waals surface area contributed by atoms with E-state index in [4.69, 9.17) is 15.2 Å². The van der Waals surface area contributed by atoms with E-state index in [1.54, 1.807) is 13.2 Å². The number of nitrogens with zero attached hydrogens (tertiary/aromatic N) is 2. The summed E-state index contributed by atoms with van der Waals surface area (Å²) in [6, 6.07) is 10.8. The van der Waals surface area contributed by atoms with Gasteiger partial charge in [0.25, 0.3) is 5.91 Å². The summed E-state index contributed by atoms with van der Waals surface area (Å²) in [5, 5.41) is 3.84. The lowest BCUT2D eigenvalue weighted by Crippen LogP contribution is -2.38. The number of piperidine rings is 1. The number of carbonyl (C=O) groups is 2. The molecule has 0 saturated carbocycles. The zero-order valence-corrected chi connectivity index (χ0v) is 23.7. The zero-order valence-electron chi connectivity index (χ0n) is 22.9. The monoisotopic (exact) mass is 572 g/mol. The van der Waals surface area contributed by atoms with Crippen molar-refractivity contribution < 1.29 is 23.5 Å². The molecule has 40 heavy (non-hydrogen) atoms. The van der Waals surface area contributed by atoms with Crippen LogP contribution < -0.4 is 11.1 Å². The third-order valence-electron chi connectivity index (χ3n) is 8.04. The number of benzene rings is 2. The number of hydrogen-bond donors (Lipinski definition) is 2. The SMILES string of the molecule is COCCn1cc(C(=O)N2CCC(c3cc(CN)ccc3F)CC2)c2c(NC(=O)C3CCOCC3)cccc21.Cl. The average Bonchev–Trinajstić information content (AvgIpc) is 3.36. The van der Waals surface area contributed by atoms with E-state index in [2.05, 4.69) is 5.32 Å². The minimum Gasteiger partial charge on any atom is -0.383 e. The Morgan fingerprint density at radius 3 is 2.58 bits per heavy atom. The van der Waals surface area contributed by atoms with Crippen molar-refractivity contribution in [3.05, 3.63) is 65.1 Å². The molecule has 0 radical (unpaired) electrons. The summed E-state index contributed by atoms with van der Waals surface area (Å²) in [5.74, 6) is -0.420. The van der Waals surface area contributed by atoms with E-state index in [1.807, 2.05) is 39.9 Å². The second-order valence-corrected chi connectivity index (χ2v) is 10.4. The number of aromatic nitrogens is 1. The quantitative estimate of drug-likeness (QED) is 0.408. The fraction of sp³-hybridized carbons (Fsp3) is 0.467. The van der Waals surface area contributed by atoms with E-state index >= 15 is 0 Å². The molecule has 3 heterocycles. The largest absolute Gasteiger partial charge is 0.383 e. The molecule has 10 heteroatoms. The number of nitrogens with one attached hydrogen (secondary N) is 1. The molecule has 3 aromatic rings. The molecule has 1 aromatic heterocycles. The standard InChI is InChI=1S/C30H37FN4O4.ClH/c1-38-16-13-35-19-24(28-26(3-2-4-27(28)35)33-29(36)22-9-14-39-15-10-22)30(37)34-11-7-21(8-12-34)23-17-20(18-32)5-6-25(23)31;/h2-6,17,19,21-22H,7-16,18,32H2,1H3,(H,33,36);1H. The molecule has 3 N–H and O–H groups in total. The molecule has 8 nitrogen and oxygen atoms in total. The Labute approximate surface area is 240 Å². The van der Waals surface area contributed by atoms with Gasteiger partial charge in [0.05, 0.1) is 23.4 Å². The Morgan fingerprint density at radius 1 is 1.12 bits per heavy atom. The van der Waals surface area contributed by atoms with E-state index in [0.717, 1.165) is 16.5 Å². The summed E-state index contributed by atoms with van der Waals surface area (Å²) in [7, 11) is 1.65. The minimum atomic E-state index is -0.219. The van der Waals surface area contributed by atoms with Crippen molar-refractivity contribution in [1.82, 2.24) is 9.47 Å². The van der Waals surface area contributed by atoms with Crippen LogP contribution in [0, 0.1) is 11.7 Å². The van der Waals surface area contributed by atoms with Gasteiger partial charge in [0, 0.05) is 64.0 Å². The second kappa shape index (κ2) is 13.6. The van der Waals surface area contributed by atoms with Gasteiger partial charge in [-0.2, -0.15) is 0 Å². The van der Waals surface area contributed by atoms with E-state index < -0.39 is 0 Å². The van der Waals surface area contributed by atoms with Gasteiger partial charge in [-0.15, -0.1) is 12.4 Å². The first-order valence-electron chi connectivity index (χ1n) is 13.8. The van der Waals surface area contributed by atoms with Gasteiger partial charge in [0.15, 0.2) is 0 Å². The number of fused-ring (bicyclic) bond motifs is 1. The number of nitrogens with two attached hydrogens (primary N) is 1. The summed E-state index contributed by atoms with van der Waals surface area (Å²) in [6.45, 7) is 3.65. The summed E-state index contributed by atoms with van der Waals surface area (Å²) >= 11 is 0. The number of carbonyl (C=O) groups excluding carboxylic acids is 2. The van der Waals surface area contributed by atoms with Crippen LogP contribution in [0.2, 0.25) is 0 Å². The van der Waals surface area contributed by atoms with E-state index in [0.29, 0.717) is 88.5 Å². The number of methoxy groups -OCH3 is 1. The molecular weight excluding hydrogens is 535 g/mol. The third kappa shape index (κ3) is 6.33. The molecule has 2 saturated heterocycles. The summed E-state index contributed by atoms with van der Waals surface area (Å²) in [4.78, 5) is 28.8. The second-order valence-electron chi connectivity index (χ2n) is 10.4. The maximum absolute atomic E-state index is 14.6. The molecule has 2 aliphatic rings. The number of hydrogen-bond acceptors (Lipinski definition) is 5. The molecule has 2 fully saturated rings. The number of ether oxygens (including phenoxy) is 2. The summed E-state index contributed by atoms with van der Waals surface area (Å²) < 4.78 is 27.3. The molecule has 0 atom stereocenters. The maximum atomic E-state index is 14.6. The molecule has 2 aliphatic heterocycles. The van der Waals surface area contributed by atoms with Gasteiger partial charge in [-0.1, -0.05) is 18.2 Å². The smallest absolute Gasteiger partial charge is 0.256 e. The van der Waals surface area contributed by atoms with Gasteiger partial charge in [0.1, 0.15) is 5.82 Å². The fourth-order valence-electron chi connectivity index (χ4n) is 5.78. The van der Waals surface area contributed by atoms with Crippen LogP contribution in [-0.4, -0.2) is 61.3 Å². The highest BCUT2D eigenvalue weighted by molar-refractivity contribution is 6.13. The first kappa shape index (κ1) is 30.0. The van der Waals surface area contributed by atoms with Crippen LogP contribution in [0.3, 0.4) is 0 Å². The van der Waals surface area contributed by atoms with Crippen molar-refractivity contribution in [2.24, 2.45) is 11.7 Å². The topological polar surface area (TPSA) is 98.8 Å². The van der Waals surface area contributed by atoms with Crippen molar-refractivity contribution in [3.8, 4) is 0 Å². The first-order valence-corrected chi connectivity index (χ1v) is 13.8. The molecule has 2 aromatic carbocycles. The average molecular weight is 573 g/mol. The molecule has 2 amide bonds. The van der Waals surface area contributed by atoms with Gasteiger partial charge in [-0.3, -0.25) is 9.59 Å². The molecule has 0 aliphatic carbocycles. The normalized spacial score (nSPS) is 16.6. The predicted octanol–water partition coefficient (Wildman–Crippen LogP) is 4.69. The number of likely N-dealkylation sites (tertiary alicyclic amines) is 1. The Bertz CT molecular complexity index is 1330. The van der Waals surface area contributed by atoms with E-state index in [-0.39, 0.29) is 41.9 Å². The molecule has 5 rings (SSSR count). The first-order chi connectivity index (χ1) is 19.0. The Hall–Kier alpha value is -2.98. The lowest BCUT2D eigenvalue weighted by atomic mass is 9.88. The van der Waals surface area contributed by atoms with Gasteiger partial charge >= 0.3 is 0 Å². The lowest BCUT2D eigenvalue weighted by molar-refractivity contribution is -0.122. The minimum absolute atomic E-state index is 0. The Balaban J connectivity index is 0.00000370. The van der Waals surface area contributed by atoms with Crippen molar-refractivity contribution in [2.75, 3.05) is 45.3 Å². The Kier molecular flexibility index (Phi) is 10.2. The number of amides is 2. The highest BCUT2D eigenvalue weighted by atomic mass is 35.5. The zero-order chi connectivity index (χ0) is 27.4. The van der Waals surface area contributed by atoms with Gasteiger partial charge in [-0.25, -0.2) is 4.39 Å². The molecular formula is C30H38ClFN4O4. The van der Waals surface area contributed by atoms with Crippen LogP contribution in [0.4, 0.5) is 10.1 Å². The number of anilines is 1. The molecule has 0 bridgehead atoms. The van der Waals surface area contributed by atoms with Gasteiger partial charge in [-0.05, 0) is 60.9 Å². The van der Waals surface area contributed by atoms with E-state index in [1.165, 1.54) is 6.07 Å². The highest BCUT2D eigenvalue weighted by Crippen LogP contribution is 2.34. The van der Waals surface area contributed by atoms with Crippen molar-refractivity contribution in [1.29, 1.82) is 0 Å². The van der Waals surface area contributed by atoms with Gasteiger partial charge < -0.3 is 30.0 Å². The van der Waals surface area contributed by atoms with Crippen molar-refractivity contribution >= 4 is 40.8 Å². The maximum Gasteiger partial charge on any atom is 0.256 e. The highest BCUT2D eigenvalue weighted by Gasteiger charge is 2.29. The third-order valence-corrected chi connectivity index (χ3v) is 8.04. The molecule has 216 valence electrons. The molecule has 0 spiro atoms. The van der Waals surface area contributed by atoms with Crippen LogP contribution in [0.25, 0.3) is 10.9 Å². The van der Waals surface area contributed by atoms with Crippen LogP contribution in [0.1, 0.15) is 53.1 Å². The number of rotatable bonds is 8. The lowest BCUT2D eigenvalue weighted by Gasteiger charge is -2.32.